The summed E-state index contributed by atoms with van der Waals surface area (Å²) in [7, 11) is -4.80. The summed E-state index contributed by atoms with van der Waals surface area (Å²) in [4.78, 5) is 28.2. The summed E-state index contributed by atoms with van der Waals surface area (Å²) in [6, 6.07) is 9.07. The number of benzene rings is 1. The molecule has 0 spiro atoms. The van der Waals surface area contributed by atoms with Crippen molar-refractivity contribution in [3.8, 4) is 0 Å². The number of phosphoric ester groups is 1. The van der Waals surface area contributed by atoms with Crippen LogP contribution >= 0.6 is 7.82 Å². The van der Waals surface area contributed by atoms with Gasteiger partial charge in [0.1, 0.15) is 18.8 Å². The normalized spacial score (nSPS) is 14.7. The molecule has 0 amide bonds. The minimum absolute atomic E-state index is 0.192. The van der Waals surface area contributed by atoms with Crippen LogP contribution < -0.4 is 0 Å². The third-order valence-electron chi connectivity index (χ3n) is 2.47. The summed E-state index contributed by atoms with van der Waals surface area (Å²) in [5.41, 5.74) is 0.857. The smallest absolute Gasteiger partial charge is 0.388 e. The van der Waals surface area contributed by atoms with Crippen LogP contribution in [0.15, 0.2) is 30.3 Å². The van der Waals surface area contributed by atoms with Crippen LogP contribution in [-0.2, 0) is 25.2 Å². The fraction of sp³-hybridized carbons (Fsp3) is 0.417. The maximum atomic E-state index is 11.3. The van der Waals surface area contributed by atoms with E-state index in [0.29, 0.717) is 0 Å². The summed E-state index contributed by atoms with van der Waals surface area (Å²) in [5.74, 6) is -1.05. The Morgan fingerprint density at radius 3 is 2.38 bits per heavy atom. The summed E-state index contributed by atoms with van der Waals surface area (Å²) in [6.07, 6.45) is -3.35. The second-order valence-electron chi connectivity index (χ2n) is 4.24. The van der Waals surface area contributed by atoms with Crippen LogP contribution in [0.1, 0.15) is 5.56 Å². The van der Waals surface area contributed by atoms with Gasteiger partial charge in [0, 0.05) is 0 Å². The number of carbonyl (C=O) groups excluding carboxylic acids is 1. The molecule has 0 aliphatic carbocycles. The number of ether oxygens (including phenoxy) is 1. The molecule has 21 heavy (non-hydrogen) atoms. The fourth-order valence-corrected chi connectivity index (χ4v) is 1.71. The van der Waals surface area contributed by atoms with Gasteiger partial charge in [-0.05, 0) is 5.56 Å². The van der Waals surface area contributed by atoms with E-state index in [4.69, 9.17) is 14.5 Å². The molecule has 118 valence electrons. The average Bonchev–Trinajstić information content (AvgIpc) is 2.44. The van der Waals surface area contributed by atoms with Crippen LogP contribution in [0.5, 0.6) is 0 Å². The van der Waals surface area contributed by atoms with Crippen molar-refractivity contribution in [3.05, 3.63) is 35.9 Å². The SMILES string of the molecule is O=C(COP(=O)(O)O)C(O)C(O)COCc1ccccc1. The molecule has 8 nitrogen and oxygen atoms in total. The molecule has 1 rings (SSSR count). The van der Waals surface area contributed by atoms with Gasteiger partial charge in [0.2, 0.25) is 0 Å². The standard InChI is InChI=1S/C12H17O8P/c13-10(7-19-6-9-4-2-1-3-5-9)12(15)11(14)8-20-21(16,17)18/h1-5,10,12-13,15H,6-8H2,(H2,16,17,18). The van der Waals surface area contributed by atoms with Gasteiger partial charge in [0.25, 0.3) is 0 Å². The number of Topliss-reactive ketones (excluding diaryl/α,β-unsaturated/α-hetero) is 1. The van der Waals surface area contributed by atoms with Gasteiger partial charge in [-0.1, -0.05) is 30.3 Å². The van der Waals surface area contributed by atoms with E-state index in [1.165, 1.54) is 0 Å². The first-order chi connectivity index (χ1) is 9.79. The lowest BCUT2D eigenvalue weighted by atomic mass is 10.1. The van der Waals surface area contributed by atoms with Crippen molar-refractivity contribution in [1.29, 1.82) is 0 Å². The third-order valence-corrected chi connectivity index (χ3v) is 2.93. The third kappa shape index (κ3) is 7.45. The molecule has 4 N–H and O–H groups in total. The summed E-state index contributed by atoms with van der Waals surface area (Å²) < 4.78 is 19.5. The molecule has 0 heterocycles. The van der Waals surface area contributed by atoms with Crippen molar-refractivity contribution in [1.82, 2.24) is 0 Å². The van der Waals surface area contributed by atoms with Crippen LogP contribution in [0.4, 0.5) is 0 Å². The highest BCUT2D eigenvalue weighted by atomic mass is 31.2. The highest BCUT2D eigenvalue weighted by Gasteiger charge is 2.27. The van der Waals surface area contributed by atoms with E-state index in [1.54, 1.807) is 0 Å². The number of carbonyl (C=O) groups is 1. The first-order valence-corrected chi connectivity index (χ1v) is 7.53. The predicted molar refractivity (Wildman–Crippen MR) is 71.1 cm³/mol. The summed E-state index contributed by atoms with van der Waals surface area (Å²) in [5, 5.41) is 19.0. The van der Waals surface area contributed by atoms with E-state index in [0.717, 1.165) is 5.56 Å². The van der Waals surface area contributed by atoms with Crippen molar-refractivity contribution >= 4 is 13.6 Å². The van der Waals surface area contributed by atoms with Crippen LogP contribution in [0.3, 0.4) is 0 Å². The molecule has 1 aromatic carbocycles. The van der Waals surface area contributed by atoms with Crippen LogP contribution in [0.25, 0.3) is 0 Å². The van der Waals surface area contributed by atoms with E-state index in [9.17, 15) is 19.6 Å². The summed E-state index contributed by atoms with van der Waals surface area (Å²) >= 11 is 0. The number of phosphoric acid groups is 1. The molecule has 1 aromatic rings. The molecular weight excluding hydrogens is 303 g/mol. The molecule has 0 aromatic heterocycles. The second-order valence-corrected chi connectivity index (χ2v) is 5.48. The highest BCUT2D eigenvalue weighted by Crippen LogP contribution is 2.35. The number of hydrogen-bond acceptors (Lipinski definition) is 6. The van der Waals surface area contributed by atoms with Crippen LogP contribution in [0.2, 0.25) is 0 Å². The van der Waals surface area contributed by atoms with E-state index in [2.05, 4.69) is 4.52 Å². The monoisotopic (exact) mass is 320 g/mol. The van der Waals surface area contributed by atoms with Gasteiger partial charge in [0.05, 0.1) is 13.2 Å². The largest absolute Gasteiger partial charge is 0.470 e. The molecule has 0 aliphatic rings. The predicted octanol–water partition coefficient (Wildman–Crippen LogP) is -0.397. The number of ketones is 1. The maximum Gasteiger partial charge on any atom is 0.470 e. The number of hydrogen-bond donors (Lipinski definition) is 4. The summed E-state index contributed by atoms with van der Waals surface area (Å²) in [6.45, 7) is -1.11. The lowest BCUT2D eigenvalue weighted by Crippen LogP contribution is -2.39. The van der Waals surface area contributed by atoms with Gasteiger partial charge >= 0.3 is 7.82 Å². The Morgan fingerprint density at radius 2 is 1.81 bits per heavy atom. The lowest BCUT2D eigenvalue weighted by molar-refractivity contribution is -0.138. The van der Waals surface area contributed by atoms with Crippen molar-refractivity contribution in [2.24, 2.45) is 0 Å². The van der Waals surface area contributed by atoms with Gasteiger partial charge in [-0.25, -0.2) is 4.57 Å². The van der Waals surface area contributed by atoms with Gasteiger partial charge in [-0.15, -0.1) is 0 Å². The minimum Gasteiger partial charge on any atom is -0.388 e. The highest BCUT2D eigenvalue weighted by molar-refractivity contribution is 7.46. The molecule has 0 saturated heterocycles. The Hall–Kier alpha value is -1.12. The molecule has 0 aliphatic heterocycles. The zero-order valence-electron chi connectivity index (χ0n) is 11.0. The van der Waals surface area contributed by atoms with E-state index >= 15 is 0 Å². The Kier molecular flexibility index (Phi) is 7.13. The van der Waals surface area contributed by atoms with Gasteiger partial charge in [-0.2, -0.15) is 0 Å². The molecule has 0 saturated carbocycles. The lowest BCUT2D eigenvalue weighted by Gasteiger charge is -2.17. The zero-order valence-corrected chi connectivity index (χ0v) is 11.9. The van der Waals surface area contributed by atoms with E-state index < -0.39 is 32.4 Å². The van der Waals surface area contributed by atoms with Crippen molar-refractivity contribution < 1.29 is 38.6 Å². The van der Waals surface area contributed by atoms with Gasteiger partial charge in [-0.3, -0.25) is 9.32 Å². The molecule has 2 unspecified atom stereocenters. The van der Waals surface area contributed by atoms with E-state index in [-0.39, 0.29) is 13.2 Å². The van der Waals surface area contributed by atoms with Crippen molar-refractivity contribution in [2.45, 2.75) is 18.8 Å². The number of rotatable bonds is 9. The molecule has 0 fully saturated rings. The molecule has 0 radical (unpaired) electrons. The van der Waals surface area contributed by atoms with Crippen LogP contribution in [-0.4, -0.2) is 51.2 Å². The minimum atomic E-state index is -4.80. The Labute approximate surface area is 121 Å². The van der Waals surface area contributed by atoms with Crippen molar-refractivity contribution in [3.63, 3.8) is 0 Å². The molecular formula is C12H17O8P. The first kappa shape index (κ1) is 17.9. The fourth-order valence-electron chi connectivity index (χ4n) is 1.41. The Balaban J connectivity index is 2.32. The quantitative estimate of drug-likeness (QED) is 0.452. The molecule has 2 atom stereocenters. The van der Waals surface area contributed by atoms with Gasteiger partial charge in [0.15, 0.2) is 5.78 Å². The topological polar surface area (TPSA) is 134 Å². The van der Waals surface area contributed by atoms with E-state index in [1.807, 2.05) is 30.3 Å². The number of aliphatic hydroxyl groups is 2. The Morgan fingerprint density at radius 1 is 1.19 bits per heavy atom. The second kappa shape index (κ2) is 8.35. The average molecular weight is 320 g/mol. The van der Waals surface area contributed by atoms with Gasteiger partial charge < -0.3 is 24.7 Å². The number of aliphatic hydroxyl groups excluding tert-OH is 2. The molecule has 0 bridgehead atoms. The Bertz CT molecular complexity index is 485. The zero-order chi connectivity index (χ0) is 15.9. The molecule has 9 heteroatoms. The first-order valence-electron chi connectivity index (χ1n) is 6.00. The van der Waals surface area contributed by atoms with Crippen LogP contribution in [0, 0.1) is 0 Å². The van der Waals surface area contributed by atoms with Crippen molar-refractivity contribution in [2.75, 3.05) is 13.2 Å². The maximum absolute atomic E-state index is 11.3.